The third-order valence-corrected chi connectivity index (χ3v) is 5.59. The molecule has 4 N–H and O–H groups in total. The van der Waals surface area contributed by atoms with Gasteiger partial charge in [-0.3, -0.25) is 14.4 Å². The molecule has 0 aliphatic heterocycles. The van der Waals surface area contributed by atoms with Gasteiger partial charge in [-0.15, -0.1) is 0 Å². The maximum absolute atomic E-state index is 12.9. The van der Waals surface area contributed by atoms with E-state index in [0.29, 0.717) is 46.6 Å². The molecule has 0 unspecified atom stereocenters. The molecular formula is C24H28BrN5O4. The third-order valence-electron chi connectivity index (χ3n) is 5.19. The fraction of sp³-hybridized carbons (Fsp3) is 0.292. The molecule has 0 aliphatic rings. The van der Waals surface area contributed by atoms with Gasteiger partial charge in [-0.05, 0) is 48.7 Å². The number of alkyl halides is 1. The van der Waals surface area contributed by atoms with Gasteiger partial charge in [-0.25, -0.2) is 0 Å². The van der Waals surface area contributed by atoms with Crippen molar-refractivity contribution in [3.8, 4) is 5.75 Å². The van der Waals surface area contributed by atoms with Crippen molar-refractivity contribution < 1.29 is 19.5 Å². The summed E-state index contributed by atoms with van der Waals surface area (Å²) in [4.78, 5) is 37.5. The molecule has 180 valence electrons. The summed E-state index contributed by atoms with van der Waals surface area (Å²) in [5.74, 6) is -0.684. The monoisotopic (exact) mass is 529 g/mol. The Morgan fingerprint density at radius 3 is 2.09 bits per heavy atom. The van der Waals surface area contributed by atoms with Crippen LogP contribution in [0.2, 0.25) is 0 Å². The van der Waals surface area contributed by atoms with Crippen molar-refractivity contribution in [2.24, 2.45) is 14.1 Å². The highest BCUT2D eigenvalue weighted by Gasteiger charge is 2.18. The van der Waals surface area contributed by atoms with Gasteiger partial charge in [0.15, 0.2) is 0 Å². The summed E-state index contributed by atoms with van der Waals surface area (Å²) in [5, 5.41) is 18.9. The first-order valence-electron chi connectivity index (χ1n) is 10.8. The molecule has 0 fully saturated rings. The van der Waals surface area contributed by atoms with Gasteiger partial charge in [-0.1, -0.05) is 22.9 Å². The second kappa shape index (κ2) is 11.1. The first-order valence-corrected chi connectivity index (χ1v) is 12.0. The number of aromatic nitrogens is 2. The van der Waals surface area contributed by atoms with E-state index in [1.807, 2.05) is 6.92 Å². The van der Waals surface area contributed by atoms with Gasteiger partial charge >= 0.3 is 0 Å². The van der Waals surface area contributed by atoms with Crippen molar-refractivity contribution >= 4 is 50.7 Å². The number of aromatic hydroxyl groups is 1. The van der Waals surface area contributed by atoms with Crippen LogP contribution in [0.15, 0.2) is 42.7 Å². The second-order valence-corrected chi connectivity index (χ2v) is 8.73. The zero-order valence-electron chi connectivity index (χ0n) is 19.3. The average molecular weight is 530 g/mol. The van der Waals surface area contributed by atoms with Crippen molar-refractivity contribution in [1.29, 1.82) is 0 Å². The predicted molar refractivity (Wildman–Crippen MR) is 136 cm³/mol. The Labute approximate surface area is 206 Å². The average Bonchev–Trinajstić information content (AvgIpc) is 3.32. The standard InChI is InChI=1S/C24H28BrN5O4/c1-4-5-22(32)26-16-11-20(29(2)13-16)23(33)27-17-12-21(30(3)14-17)24(34)28-19-7-6-18(31)10-15(19)8-9-25/h6-7,10-14,31H,4-5,8-9H2,1-3H3,(H,26,32)(H,27,33)(H,28,34). The van der Waals surface area contributed by atoms with Crippen LogP contribution in [0.3, 0.4) is 0 Å². The van der Waals surface area contributed by atoms with Crippen LogP contribution in [-0.2, 0) is 25.3 Å². The van der Waals surface area contributed by atoms with Crippen molar-refractivity contribution in [1.82, 2.24) is 9.13 Å². The number of phenolic OH excluding ortho intramolecular Hbond substituents is 1. The number of nitrogens with zero attached hydrogens (tertiary/aromatic N) is 2. The Bertz CT molecular complexity index is 1210. The van der Waals surface area contributed by atoms with Crippen LogP contribution in [0.1, 0.15) is 46.3 Å². The Kier molecular flexibility index (Phi) is 8.17. The van der Waals surface area contributed by atoms with Gasteiger partial charge in [0.05, 0.1) is 11.4 Å². The number of halogens is 1. The van der Waals surface area contributed by atoms with Crippen LogP contribution < -0.4 is 16.0 Å². The van der Waals surface area contributed by atoms with Gasteiger partial charge in [0.1, 0.15) is 17.1 Å². The van der Waals surface area contributed by atoms with E-state index in [4.69, 9.17) is 0 Å². The summed E-state index contributed by atoms with van der Waals surface area (Å²) in [5.41, 5.74) is 3.14. The number of hydrogen-bond acceptors (Lipinski definition) is 4. The molecule has 0 saturated carbocycles. The lowest BCUT2D eigenvalue weighted by Crippen LogP contribution is -2.16. The van der Waals surface area contributed by atoms with Crippen LogP contribution in [0.25, 0.3) is 0 Å². The molecule has 0 bridgehead atoms. The minimum atomic E-state index is -0.366. The molecule has 0 spiro atoms. The Hall–Kier alpha value is -3.53. The quantitative estimate of drug-likeness (QED) is 0.245. The molecule has 0 saturated heterocycles. The summed E-state index contributed by atoms with van der Waals surface area (Å²) in [7, 11) is 3.43. The number of aryl methyl sites for hydroxylation is 3. The summed E-state index contributed by atoms with van der Waals surface area (Å²) in [6, 6.07) is 7.98. The molecule has 10 heteroatoms. The largest absolute Gasteiger partial charge is 0.508 e. The molecule has 2 heterocycles. The summed E-state index contributed by atoms with van der Waals surface area (Å²) in [6.07, 6.45) is 5.11. The lowest BCUT2D eigenvalue weighted by molar-refractivity contribution is -0.116. The number of benzene rings is 1. The minimum absolute atomic E-state index is 0.105. The van der Waals surface area contributed by atoms with E-state index in [2.05, 4.69) is 31.9 Å². The topological polar surface area (TPSA) is 117 Å². The third kappa shape index (κ3) is 6.07. The van der Waals surface area contributed by atoms with E-state index in [-0.39, 0.29) is 23.5 Å². The lowest BCUT2D eigenvalue weighted by atomic mass is 10.1. The summed E-state index contributed by atoms with van der Waals surface area (Å²) >= 11 is 3.38. The van der Waals surface area contributed by atoms with Crippen molar-refractivity contribution in [3.05, 3.63) is 59.7 Å². The maximum atomic E-state index is 12.9. The zero-order chi connectivity index (χ0) is 24.8. The van der Waals surface area contributed by atoms with Gasteiger partial charge in [-0.2, -0.15) is 0 Å². The fourth-order valence-electron chi connectivity index (χ4n) is 3.56. The molecule has 34 heavy (non-hydrogen) atoms. The lowest BCUT2D eigenvalue weighted by Gasteiger charge is -2.11. The SMILES string of the molecule is CCCC(=O)Nc1cc(C(=O)Nc2cc(C(=O)Nc3ccc(O)cc3CCBr)n(C)c2)n(C)c1. The van der Waals surface area contributed by atoms with E-state index in [1.165, 1.54) is 6.07 Å². The van der Waals surface area contributed by atoms with Crippen LogP contribution in [0.4, 0.5) is 17.1 Å². The highest BCUT2D eigenvalue weighted by atomic mass is 79.9. The van der Waals surface area contributed by atoms with Crippen molar-refractivity contribution in [3.63, 3.8) is 0 Å². The van der Waals surface area contributed by atoms with Gasteiger partial charge < -0.3 is 30.2 Å². The highest BCUT2D eigenvalue weighted by Crippen LogP contribution is 2.24. The smallest absolute Gasteiger partial charge is 0.272 e. The van der Waals surface area contributed by atoms with Gasteiger partial charge in [0.2, 0.25) is 5.91 Å². The van der Waals surface area contributed by atoms with Crippen LogP contribution in [-0.4, -0.2) is 37.3 Å². The Morgan fingerprint density at radius 2 is 1.50 bits per heavy atom. The molecule has 1 aromatic carbocycles. The highest BCUT2D eigenvalue weighted by molar-refractivity contribution is 9.09. The number of phenols is 1. The van der Waals surface area contributed by atoms with E-state index in [0.717, 1.165) is 12.0 Å². The number of amides is 3. The number of carbonyl (C=O) groups excluding carboxylic acids is 3. The van der Waals surface area contributed by atoms with E-state index in [9.17, 15) is 19.5 Å². The first kappa shape index (κ1) is 25.1. The number of hydrogen-bond donors (Lipinski definition) is 4. The molecule has 0 aliphatic carbocycles. The number of anilines is 3. The molecule has 0 atom stereocenters. The molecule has 3 amide bonds. The first-order chi connectivity index (χ1) is 16.2. The normalized spacial score (nSPS) is 10.7. The fourth-order valence-corrected chi connectivity index (χ4v) is 3.99. The number of carbonyl (C=O) groups is 3. The molecule has 3 rings (SSSR count). The summed E-state index contributed by atoms with van der Waals surface area (Å²) < 4.78 is 3.25. The van der Waals surface area contributed by atoms with Crippen LogP contribution in [0.5, 0.6) is 5.75 Å². The predicted octanol–water partition coefficient (Wildman–Crippen LogP) is 4.25. The second-order valence-electron chi connectivity index (χ2n) is 7.94. The van der Waals surface area contributed by atoms with Crippen molar-refractivity contribution in [2.45, 2.75) is 26.2 Å². The van der Waals surface area contributed by atoms with Gasteiger partial charge in [0.25, 0.3) is 11.8 Å². The molecule has 0 radical (unpaired) electrons. The van der Waals surface area contributed by atoms with Gasteiger partial charge in [0, 0.05) is 43.9 Å². The molecular weight excluding hydrogens is 502 g/mol. The zero-order valence-corrected chi connectivity index (χ0v) is 20.9. The number of nitrogens with one attached hydrogen (secondary N) is 3. The molecule has 9 nitrogen and oxygen atoms in total. The maximum Gasteiger partial charge on any atom is 0.272 e. The Morgan fingerprint density at radius 1 is 0.912 bits per heavy atom. The van der Waals surface area contributed by atoms with Crippen LogP contribution >= 0.6 is 15.9 Å². The summed E-state index contributed by atoms with van der Waals surface area (Å²) in [6.45, 7) is 1.92. The van der Waals surface area contributed by atoms with Crippen molar-refractivity contribution in [2.75, 3.05) is 21.3 Å². The molecule has 2 aromatic heterocycles. The van der Waals surface area contributed by atoms with E-state index < -0.39 is 0 Å². The van der Waals surface area contributed by atoms with E-state index >= 15 is 0 Å². The Balaban J connectivity index is 1.72. The molecule has 3 aromatic rings. The van der Waals surface area contributed by atoms with Crippen LogP contribution in [0, 0.1) is 0 Å². The minimum Gasteiger partial charge on any atom is -0.508 e. The van der Waals surface area contributed by atoms with E-state index in [1.54, 1.807) is 59.9 Å². The number of rotatable bonds is 9.